The highest BCUT2D eigenvalue weighted by molar-refractivity contribution is 6.77. The third-order valence-electron chi connectivity index (χ3n) is 2.77. The normalized spacial score (nSPS) is 22.3. The van der Waals surface area contributed by atoms with Crippen LogP contribution < -0.4 is 0 Å². The van der Waals surface area contributed by atoms with Gasteiger partial charge in [-0.05, 0) is 18.4 Å². The predicted octanol–water partition coefficient (Wildman–Crippen LogP) is 2.84. The highest BCUT2D eigenvalue weighted by atomic mass is 28.3. The maximum Gasteiger partial charge on any atom is 0.132 e. The zero-order chi connectivity index (χ0) is 8.48. The standard InChI is InChI=1S/C9H18OSi/c1-11(2,3)9-6-4-8(10)5-7-9/h9H,4-7H2,1-3H3. The Morgan fingerprint density at radius 2 is 1.64 bits per heavy atom. The Balaban J connectivity index is 2.45. The number of hydrogen-bond donors (Lipinski definition) is 0. The molecule has 1 nitrogen and oxygen atoms in total. The predicted molar refractivity (Wildman–Crippen MR) is 50.6 cm³/mol. The molecule has 0 aromatic heterocycles. The summed E-state index contributed by atoms with van der Waals surface area (Å²) in [5.41, 5.74) is 0.903. The summed E-state index contributed by atoms with van der Waals surface area (Å²) in [5, 5.41) is 0. The molecule has 1 saturated carbocycles. The molecule has 64 valence electrons. The molecule has 0 aromatic rings. The molecule has 1 aliphatic carbocycles. The third kappa shape index (κ3) is 2.44. The van der Waals surface area contributed by atoms with Crippen molar-refractivity contribution < 1.29 is 4.79 Å². The average Bonchev–Trinajstić information content (AvgIpc) is 1.86. The Bertz CT molecular complexity index is 147. The minimum atomic E-state index is -0.938. The Kier molecular flexibility index (Phi) is 2.53. The summed E-state index contributed by atoms with van der Waals surface area (Å²) in [7, 11) is -0.938. The summed E-state index contributed by atoms with van der Waals surface area (Å²) in [6.45, 7) is 7.23. The van der Waals surface area contributed by atoms with E-state index in [1.165, 1.54) is 12.8 Å². The highest BCUT2D eigenvalue weighted by Gasteiger charge is 2.29. The van der Waals surface area contributed by atoms with Crippen LogP contribution in [0.2, 0.25) is 25.2 Å². The largest absolute Gasteiger partial charge is 0.300 e. The Morgan fingerprint density at radius 1 is 1.18 bits per heavy atom. The summed E-state index contributed by atoms with van der Waals surface area (Å²) in [6, 6.07) is 0. The van der Waals surface area contributed by atoms with E-state index in [2.05, 4.69) is 19.6 Å². The molecule has 11 heavy (non-hydrogen) atoms. The lowest BCUT2D eigenvalue weighted by Crippen LogP contribution is -2.31. The zero-order valence-electron chi connectivity index (χ0n) is 7.81. The van der Waals surface area contributed by atoms with E-state index in [1.807, 2.05) is 0 Å². The maximum absolute atomic E-state index is 11.0. The second-order valence-electron chi connectivity index (χ2n) is 4.68. The quantitative estimate of drug-likeness (QED) is 0.553. The van der Waals surface area contributed by atoms with Crippen molar-refractivity contribution >= 4 is 13.9 Å². The molecule has 0 aliphatic heterocycles. The van der Waals surface area contributed by atoms with Gasteiger partial charge in [0.2, 0.25) is 0 Å². The Hall–Kier alpha value is -0.113. The van der Waals surface area contributed by atoms with Crippen LogP contribution in [0.1, 0.15) is 25.7 Å². The first-order valence-corrected chi connectivity index (χ1v) is 8.09. The number of carbonyl (C=O) groups excluding carboxylic acids is 1. The second kappa shape index (κ2) is 3.09. The van der Waals surface area contributed by atoms with Crippen LogP contribution >= 0.6 is 0 Å². The van der Waals surface area contributed by atoms with Crippen LogP contribution in [-0.4, -0.2) is 13.9 Å². The molecular weight excluding hydrogens is 152 g/mol. The van der Waals surface area contributed by atoms with Crippen LogP contribution in [0.15, 0.2) is 0 Å². The molecule has 0 N–H and O–H groups in total. The van der Waals surface area contributed by atoms with E-state index in [-0.39, 0.29) is 0 Å². The monoisotopic (exact) mass is 170 g/mol. The summed E-state index contributed by atoms with van der Waals surface area (Å²) in [5.74, 6) is 0.486. The van der Waals surface area contributed by atoms with Crippen molar-refractivity contribution in [2.75, 3.05) is 0 Å². The van der Waals surface area contributed by atoms with Gasteiger partial charge in [-0.15, -0.1) is 0 Å². The fourth-order valence-electron chi connectivity index (χ4n) is 1.81. The van der Waals surface area contributed by atoms with Gasteiger partial charge in [-0.25, -0.2) is 0 Å². The molecular formula is C9H18OSi. The molecule has 0 unspecified atom stereocenters. The van der Waals surface area contributed by atoms with E-state index in [0.29, 0.717) is 5.78 Å². The first-order valence-electron chi connectivity index (χ1n) is 4.52. The van der Waals surface area contributed by atoms with Crippen molar-refractivity contribution in [1.29, 1.82) is 0 Å². The van der Waals surface area contributed by atoms with Gasteiger partial charge >= 0.3 is 0 Å². The van der Waals surface area contributed by atoms with Gasteiger partial charge in [0.15, 0.2) is 0 Å². The van der Waals surface area contributed by atoms with Gasteiger partial charge in [-0.2, -0.15) is 0 Å². The summed E-state index contributed by atoms with van der Waals surface area (Å²) >= 11 is 0. The molecule has 0 heterocycles. The smallest absolute Gasteiger partial charge is 0.132 e. The maximum atomic E-state index is 11.0. The molecule has 1 rings (SSSR count). The van der Waals surface area contributed by atoms with Crippen molar-refractivity contribution in [3.05, 3.63) is 0 Å². The average molecular weight is 170 g/mol. The molecule has 0 bridgehead atoms. The van der Waals surface area contributed by atoms with Crippen LogP contribution in [0.5, 0.6) is 0 Å². The molecule has 2 heteroatoms. The van der Waals surface area contributed by atoms with E-state index in [1.54, 1.807) is 0 Å². The van der Waals surface area contributed by atoms with Gasteiger partial charge in [0, 0.05) is 20.9 Å². The minimum absolute atomic E-state index is 0.486. The molecule has 0 saturated heterocycles. The van der Waals surface area contributed by atoms with E-state index in [9.17, 15) is 4.79 Å². The molecule has 1 aliphatic rings. The lowest BCUT2D eigenvalue weighted by atomic mass is 9.99. The van der Waals surface area contributed by atoms with E-state index in [4.69, 9.17) is 0 Å². The minimum Gasteiger partial charge on any atom is -0.300 e. The topological polar surface area (TPSA) is 17.1 Å². The van der Waals surface area contributed by atoms with Crippen molar-refractivity contribution in [3.63, 3.8) is 0 Å². The van der Waals surface area contributed by atoms with Crippen LogP contribution in [0.25, 0.3) is 0 Å². The van der Waals surface area contributed by atoms with Crippen LogP contribution in [-0.2, 0) is 4.79 Å². The Morgan fingerprint density at radius 3 is 2.00 bits per heavy atom. The number of carbonyl (C=O) groups is 1. The first-order chi connectivity index (χ1) is 5.00. The molecule has 0 amide bonds. The lowest BCUT2D eigenvalue weighted by Gasteiger charge is -2.31. The second-order valence-corrected chi connectivity index (χ2v) is 10.2. The fraction of sp³-hybridized carbons (Fsp3) is 0.889. The van der Waals surface area contributed by atoms with Gasteiger partial charge in [-0.3, -0.25) is 4.79 Å². The zero-order valence-corrected chi connectivity index (χ0v) is 8.81. The van der Waals surface area contributed by atoms with Crippen LogP contribution in [0.4, 0.5) is 0 Å². The van der Waals surface area contributed by atoms with E-state index >= 15 is 0 Å². The lowest BCUT2D eigenvalue weighted by molar-refractivity contribution is -0.120. The van der Waals surface area contributed by atoms with Gasteiger partial charge in [0.1, 0.15) is 5.78 Å². The number of rotatable bonds is 1. The van der Waals surface area contributed by atoms with E-state index < -0.39 is 8.07 Å². The first kappa shape index (κ1) is 8.98. The number of hydrogen-bond acceptors (Lipinski definition) is 1. The van der Waals surface area contributed by atoms with Gasteiger partial charge in [-0.1, -0.05) is 19.6 Å². The number of Topliss-reactive ketones (excluding diaryl/α,β-unsaturated/α-hetero) is 1. The molecule has 1 fully saturated rings. The molecule has 0 atom stereocenters. The van der Waals surface area contributed by atoms with Gasteiger partial charge in [0.25, 0.3) is 0 Å². The SMILES string of the molecule is C[Si](C)(C)C1CCC(=O)CC1. The third-order valence-corrected chi connectivity index (χ3v) is 5.79. The van der Waals surface area contributed by atoms with E-state index in [0.717, 1.165) is 18.4 Å². The fourth-order valence-corrected chi connectivity index (χ4v) is 3.83. The van der Waals surface area contributed by atoms with Crippen molar-refractivity contribution in [3.8, 4) is 0 Å². The van der Waals surface area contributed by atoms with Crippen LogP contribution in [0.3, 0.4) is 0 Å². The van der Waals surface area contributed by atoms with Crippen LogP contribution in [0, 0.1) is 0 Å². The van der Waals surface area contributed by atoms with Gasteiger partial charge in [0.05, 0.1) is 0 Å². The van der Waals surface area contributed by atoms with Crippen molar-refractivity contribution in [2.45, 2.75) is 50.9 Å². The highest BCUT2D eigenvalue weighted by Crippen LogP contribution is 2.35. The summed E-state index contributed by atoms with van der Waals surface area (Å²) < 4.78 is 0. The molecule has 0 radical (unpaired) electrons. The van der Waals surface area contributed by atoms with Gasteiger partial charge < -0.3 is 0 Å². The Labute approximate surface area is 70.2 Å². The number of ketones is 1. The molecule has 0 aromatic carbocycles. The molecule has 0 spiro atoms. The van der Waals surface area contributed by atoms with Crippen molar-refractivity contribution in [2.24, 2.45) is 0 Å². The summed E-state index contributed by atoms with van der Waals surface area (Å²) in [4.78, 5) is 11.0. The summed E-state index contributed by atoms with van der Waals surface area (Å²) in [6.07, 6.45) is 4.06. The van der Waals surface area contributed by atoms with Crippen molar-refractivity contribution in [1.82, 2.24) is 0 Å².